The number of piperidine rings is 1. The van der Waals surface area contributed by atoms with E-state index < -0.39 is 0 Å². The molecule has 1 aliphatic rings. The number of halogens is 1. The Morgan fingerprint density at radius 2 is 1.77 bits per heavy atom. The monoisotopic (exact) mass is 299 g/mol. The van der Waals surface area contributed by atoms with Crippen molar-refractivity contribution >= 4 is 11.6 Å². The van der Waals surface area contributed by atoms with E-state index in [0.29, 0.717) is 13.0 Å². The number of methoxy groups -OCH3 is 1. The van der Waals surface area contributed by atoms with E-state index in [9.17, 15) is 9.18 Å². The van der Waals surface area contributed by atoms with Crippen molar-refractivity contribution < 1.29 is 13.9 Å². The Morgan fingerprint density at radius 3 is 2.36 bits per heavy atom. The molecule has 1 fully saturated rings. The largest absolute Gasteiger partial charge is 0.497 e. The molecule has 0 N–H and O–H groups in total. The van der Waals surface area contributed by atoms with Crippen molar-refractivity contribution in [2.75, 3.05) is 18.6 Å². The van der Waals surface area contributed by atoms with Gasteiger partial charge in [0.05, 0.1) is 7.11 Å². The maximum absolute atomic E-state index is 13.0. The fourth-order valence-corrected chi connectivity index (χ4v) is 2.89. The van der Waals surface area contributed by atoms with Crippen LogP contribution in [0.2, 0.25) is 0 Å². The molecule has 2 aromatic carbocycles. The molecule has 0 radical (unpaired) electrons. The standard InChI is InChI=1S/C18H18FNO2/c1-22-17-8-6-16(7-9-17)20-11-10-14(12-18(20)21)13-2-4-15(19)5-3-13/h2-9,14H,10-12H2,1H3/t14-/m1/s1. The molecule has 1 saturated heterocycles. The van der Waals surface area contributed by atoms with Gasteiger partial charge in [0, 0.05) is 18.7 Å². The van der Waals surface area contributed by atoms with Crippen LogP contribution < -0.4 is 9.64 Å². The number of nitrogens with zero attached hydrogens (tertiary/aromatic N) is 1. The maximum atomic E-state index is 13.0. The van der Waals surface area contributed by atoms with Crippen LogP contribution >= 0.6 is 0 Å². The average Bonchev–Trinajstić information content (AvgIpc) is 2.56. The normalized spacial score (nSPS) is 18.4. The van der Waals surface area contributed by atoms with Crippen molar-refractivity contribution in [2.24, 2.45) is 0 Å². The highest BCUT2D eigenvalue weighted by Gasteiger charge is 2.27. The SMILES string of the molecule is COc1ccc(N2CC[C@@H](c3ccc(F)cc3)CC2=O)cc1. The molecule has 0 unspecified atom stereocenters. The number of carbonyl (C=O) groups is 1. The van der Waals surface area contributed by atoms with Crippen LogP contribution in [-0.2, 0) is 4.79 Å². The molecule has 1 heterocycles. The topological polar surface area (TPSA) is 29.5 Å². The number of anilines is 1. The van der Waals surface area contributed by atoms with Gasteiger partial charge in [-0.3, -0.25) is 4.79 Å². The smallest absolute Gasteiger partial charge is 0.227 e. The van der Waals surface area contributed by atoms with Gasteiger partial charge in [-0.2, -0.15) is 0 Å². The Labute approximate surface area is 129 Å². The second kappa shape index (κ2) is 6.18. The summed E-state index contributed by atoms with van der Waals surface area (Å²) in [6, 6.07) is 14.0. The van der Waals surface area contributed by atoms with Crippen LogP contribution in [0.3, 0.4) is 0 Å². The van der Waals surface area contributed by atoms with Crippen LogP contribution in [0, 0.1) is 5.82 Å². The van der Waals surface area contributed by atoms with Gasteiger partial charge in [-0.05, 0) is 54.3 Å². The van der Waals surface area contributed by atoms with Gasteiger partial charge < -0.3 is 9.64 Å². The molecule has 0 bridgehead atoms. The lowest BCUT2D eigenvalue weighted by Crippen LogP contribution is -2.38. The highest BCUT2D eigenvalue weighted by molar-refractivity contribution is 5.94. The van der Waals surface area contributed by atoms with Gasteiger partial charge in [-0.1, -0.05) is 12.1 Å². The first-order valence-electron chi connectivity index (χ1n) is 7.37. The summed E-state index contributed by atoms with van der Waals surface area (Å²) < 4.78 is 18.1. The lowest BCUT2D eigenvalue weighted by Gasteiger charge is -2.32. The summed E-state index contributed by atoms with van der Waals surface area (Å²) in [4.78, 5) is 14.2. The third kappa shape index (κ3) is 2.96. The molecule has 0 spiro atoms. The molecule has 1 aliphatic heterocycles. The number of rotatable bonds is 3. The highest BCUT2D eigenvalue weighted by atomic mass is 19.1. The van der Waals surface area contributed by atoms with E-state index >= 15 is 0 Å². The molecule has 4 heteroatoms. The number of benzene rings is 2. The zero-order valence-corrected chi connectivity index (χ0v) is 12.5. The molecule has 22 heavy (non-hydrogen) atoms. The summed E-state index contributed by atoms with van der Waals surface area (Å²) in [5.41, 5.74) is 1.92. The summed E-state index contributed by atoms with van der Waals surface area (Å²) in [6.45, 7) is 0.674. The average molecular weight is 299 g/mol. The van der Waals surface area contributed by atoms with Crippen LogP contribution in [0.15, 0.2) is 48.5 Å². The summed E-state index contributed by atoms with van der Waals surface area (Å²) in [7, 11) is 1.62. The Balaban J connectivity index is 1.71. The van der Waals surface area contributed by atoms with Crippen molar-refractivity contribution in [1.29, 1.82) is 0 Å². The molecule has 1 amide bonds. The van der Waals surface area contributed by atoms with Crippen LogP contribution in [0.1, 0.15) is 24.3 Å². The third-order valence-corrected chi connectivity index (χ3v) is 4.15. The minimum absolute atomic E-state index is 0.103. The second-order valence-electron chi connectivity index (χ2n) is 5.48. The van der Waals surface area contributed by atoms with Crippen molar-refractivity contribution in [3.8, 4) is 5.75 Å². The highest BCUT2D eigenvalue weighted by Crippen LogP contribution is 2.31. The predicted molar refractivity (Wildman–Crippen MR) is 83.7 cm³/mol. The van der Waals surface area contributed by atoms with Crippen LogP contribution in [0.5, 0.6) is 5.75 Å². The van der Waals surface area contributed by atoms with Crippen molar-refractivity contribution in [1.82, 2.24) is 0 Å². The Morgan fingerprint density at radius 1 is 1.09 bits per heavy atom. The summed E-state index contributed by atoms with van der Waals surface area (Å²) in [6.07, 6.45) is 1.33. The van der Waals surface area contributed by atoms with E-state index in [1.165, 1.54) is 12.1 Å². The molecular weight excluding hydrogens is 281 g/mol. The zero-order valence-electron chi connectivity index (χ0n) is 12.5. The minimum atomic E-state index is -0.245. The maximum Gasteiger partial charge on any atom is 0.227 e. The zero-order chi connectivity index (χ0) is 15.5. The fourth-order valence-electron chi connectivity index (χ4n) is 2.89. The summed E-state index contributed by atoms with van der Waals surface area (Å²) >= 11 is 0. The Bertz CT molecular complexity index is 652. The summed E-state index contributed by atoms with van der Waals surface area (Å²) in [5.74, 6) is 0.802. The van der Waals surface area contributed by atoms with Gasteiger partial charge in [0.2, 0.25) is 5.91 Å². The van der Waals surface area contributed by atoms with Gasteiger partial charge in [-0.25, -0.2) is 4.39 Å². The van der Waals surface area contributed by atoms with E-state index in [-0.39, 0.29) is 17.6 Å². The number of hydrogen-bond acceptors (Lipinski definition) is 2. The summed E-state index contributed by atoms with van der Waals surface area (Å²) in [5, 5.41) is 0. The molecule has 0 saturated carbocycles. The third-order valence-electron chi connectivity index (χ3n) is 4.15. The van der Waals surface area contributed by atoms with E-state index in [0.717, 1.165) is 23.4 Å². The van der Waals surface area contributed by atoms with E-state index in [2.05, 4.69) is 0 Å². The van der Waals surface area contributed by atoms with Crippen molar-refractivity contribution in [2.45, 2.75) is 18.8 Å². The minimum Gasteiger partial charge on any atom is -0.497 e. The van der Waals surface area contributed by atoms with E-state index in [1.54, 1.807) is 24.1 Å². The molecule has 3 nitrogen and oxygen atoms in total. The molecular formula is C18H18FNO2. The second-order valence-corrected chi connectivity index (χ2v) is 5.48. The van der Waals surface area contributed by atoms with Gasteiger partial charge in [0.1, 0.15) is 11.6 Å². The van der Waals surface area contributed by atoms with Gasteiger partial charge in [-0.15, -0.1) is 0 Å². The molecule has 114 valence electrons. The van der Waals surface area contributed by atoms with Crippen LogP contribution in [0.25, 0.3) is 0 Å². The van der Waals surface area contributed by atoms with Crippen molar-refractivity contribution in [3.63, 3.8) is 0 Å². The quantitative estimate of drug-likeness (QED) is 0.864. The Hall–Kier alpha value is -2.36. The molecule has 0 aliphatic carbocycles. The Kier molecular flexibility index (Phi) is 4.09. The van der Waals surface area contributed by atoms with Crippen LogP contribution in [0.4, 0.5) is 10.1 Å². The van der Waals surface area contributed by atoms with Gasteiger partial charge in [0.25, 0.3) is 0 Å². The first kappa shape index (κ1) is 14.6. The van der Waals surface area contributed by atoms with Gasteiger partial charge in [0.15, 0.2) is 0 Å². The number of amides is 1. The number of ether oxygens (including phenoxy) is 1. The van der Waals surface area contributed by atoms with Crippen LogP contribution in [-0.4, -0.2) is 19.6 Å². The van der Waals surface area contributed by atoms with E-state index in [4.69, 9.17) is 4.74 Å². The fraction of sp³-hybridized carbons (Fsp3) is 0.278. The molecule has 1 atom stereocenters. The molecule has 2 aromatic rings. The van der Waals surface area contributed by atoms with Gasteiger partial charge >= 0.3 is 0 Å². The molecule has 0 aromatic heterocycles. The lowest BCUT2D eigenvalue weighted by molar-refractivity contribution is -0.119. The number of carbonyl (C=O) groups excluding carboxylic acids is 1. The first-order valence-corrected chi connectivity index (χ1v) is 7.37. The number of hydrogen-bond donors (Lipinski definition) is 0. The van der Waals surface area contributed by atoms with Crippen molar-refractivity contribution in [3.05, 3.63) is 59.9 Å². The first-order chi connectivity index (χ1) is 10.7. The predicted octanol–water partition coefficient (Wildman–Crippen LogP) is 3.74. The lowest BCUT2D eigenvalue weighted by atomic mass is 9.89. The molecule has 3 rings (SSSR count). The van der Waals surface area contributed by atoms with E-state index in [1.807, 2.05) is 24.3 Å².